The topological polar surface area (TPSA) is 96.3 Å². The molecule has 0 unspecified atom stereocenters. The number of hydrogen-bond donors (Lipinski definition) is 2. The first-order valence-electron chi connectivity index (χ1n) is 12.0. The van der Waals surface area contributed by atoms with E-state index in [1.165, 1.54) is 43.5 Å². The van der Waals surface area contributed by atoms with Crippen LogP contribution in [0.1, 0.15) is 64.8 Å². The summed E-state index contributed by atoms with van der Waals surface area (Å²) < 4.78 is 10.6. The Morgan fingerprint density at radius 3 is 2.12 bits per heavy atom. The second-order valence-corrected chi connectivity index (χ2v) is 10.1. The fourth-order valence-electron chi connectivity index (χ4n) is 6.90. The summed E-state index contributed by atoms with van der Waals surface area (Å²) in [6.07, 6.45) is 7.41. The van der Waals surface area contributed by atoms with Crippen LogP contribution in [0.25, 0.3) is 0 Å². The number of carbonyl (C=O) groups excluding carboxylic acids is 2. The number of aliphatic hydroxyl groups is 1. The van der Waals surface area contributed by atoms with Crippen LogP contribution in [0.15, 0.2) is 42.5 Å². The summed E-state index contributed by atoms with van der Waals surface area (Å²) >= 11 is 0. The molecule has 180 valence electrons. The number of carbonyl (C=O) groups is 2. The zero-order chi connectivity index (χ0) is 23.9. The van der Waals surface area contributed by atoms with Gasteiger partial charge in [-0.25, -0.2) is 4.79 Å². The van der Waals surface area contributed by atoms with Crippen LogP contribution >= 0.6 is 0 Å². The summed E-state index contributed by atoms with van der Waals surface area (Å²) in [6.45, 7) is -0.343. The molecular weight excluding hydrogens is 434 g/mol. The number of aliphatic hydroxyl groups excluding tert-OH is 1. The molecule has 0 spiro atoms. The third-order valence-corrected chi connectivity index (χ3v) is 7.92. The first kappa shape index (κ1) is 22.9. The van der Waals surface area contributed by atoms with E-state index in [1.807, 2.05) is 12.1 Å². The number of ether oxygens (including phenoxy) is 2. The minimum atomic E-state index is -0.577. The number of esters is 1. The molecule has 0 heterocycles. The number of nitrogens with zero attached hydrogens (tertiary/aromatic N) is 1. The van der Waals surface area contributed by atoms with Crippen LogP contribution in [-0.2, 0) is 10.2 Å². The molecule has 7 nitrogen and oxygen atoms in total. The monoisotopic (exact) mass is 465 g/mol. The number of amides is 1. The molecule has 2 aromatic carbocycles. The number of methoxy groups -OCH3 is 1. The van der Waals surface area contributed by atoms with Gasteiger partial charge in [0.15, 0.2) is 0 Å². The normalized spacial score (nSPS) is 26.9. The quantitative estimate of drug-likeness (QED) is 0.359. The number of rotatable bonds is 7. The van der Waals surface area contributed by atoms with E-state index in [-0.39, 0.29) is 29.9 Å². The van der Waals surface area contributed by atoms with Crippen LogP contribution in [0.3, 0.4) is 0 Å². The highest BCUT2D eigenvalue weighted by Gasteiger charge is 2.52. The first-order valence-corrected chi connectivity index (χ1v) is 12.0. The van der Waals surface area contributed by atoms with Gasteiger partial charge < -0.3 is 14.6 Å². The van der Waals surface area contributed by atoms with E-state index in [9.17, 15) is 14.8 Å². The Hall–Kier alpha value is -2.90. The summed E-state index contributed by atoms with van der Waals surface area (Å²) in [5.74, 6) is 1.97. The van der Waals surface area contributed by atoms with Gasteiger partial charge in [0.05, 0.1) is 25.0 Å². The average molecular weight is 466 g/mol. The van der Waals surface area contributed by atoms with Gasteiger partial charge in [0.2, 0.25) is 0 Å². The molecule has 4 aliphatic rings. The van der Waals surface area contributed by atoms with E-state index < -0.39 is 11.9 Å². The average Bonchev–Trinajstić information content (AvgIpc) is 2.85. The number of hydrogen-bond acceptors (Lipinski definition) is 6. The molecule has 4 fully saturated rings. The molecule has 0 aliphatic heterocycles. The molecule has 2 N–H and O–H groups in total. The zero-order valence-electron chi connectivity index (χ0n) is 19.4. The Labute approximate surface area is 199 Å². The van der Waals surface area contributed by atoms with Gasteiger partial charge in [-0.05, 0) is 104 Å². The van der Waals surface area contributed by atoms with Crippen LogP contribution in [0.5, 0.6) is 5.75 Å². The molecule has 2 aromatic rings. The highest BCUT2D eigenvalue weighted by Crippen LogP contribution is 2.61. The summed E-state index contributed by atoms with van der Waals surface area (Å²) in [5.41, 5.74) is 2.06. The van der Waals surface area contributed by atoms with Crippen molar-refractivity contribution in [2.75, 3.05) is 25.4 Å². The first-order chi connectivity index (χ1) is 16.4. The lowest BCUT2D eigenvalue weighted by Gasteiger charge is -2.57. The molecule has 0 radical (unpaired) electrons. The largest absolute Gasteiger partial charge is 0.496 e. The molecule has 4 aliphatic carbocycles. The maximum atomic E-state index is 13.2. The zero-order valence-corrected chi connectivity index (χ0v) is 19.4. The van der Waals surface area contributed by atoms with E-state index in [4.69, 9.17) is 14.6 Å². The van der Waals surface area contributed by atoms with Crippen molar-refractivity contribution in [1.82, 2.24) is 0 Å². The molecule has 4 bridgehead atoms. The van der Waals surface area contributed by atoms with Crippen molar-refractivity contribution in [2.24, 2.45) is 17.8 Å². The second kappa shape index (κ2) is 9.04. The molecule has 0 aromatic heterocycles. The Bertz CT molecular complexity index is 1040. The number of hydroxylamine groups is 1. The highest BCUT2D eigenvalue weighted by atomic mass is 16.5. The smallest absolute Gasteiger partial charge is 0.338 e. The van der Waals surface area contributed by atoms with Gasteiger partial charge in [-0.1, -0.05) is 0 Å². The van der Waals surface area contributed by atoms with Crippen molar-refractivity contribution < 1.29 is 29.4 Å². The minimum absolute atomic E-state index is 0.0489. The summed E-state index contributed by atoms with van der Waals surface area (Å²) in [4.78, 5) is 25.1. The Morgan fingerprint density at radius 1 is 0.971 bits per heavy atom. The number of anilines is 1. The lowest BCUT2D eigenvalue weighted by Crippen LogP contribution is -2.48. The van der Waals surface area contributed by atoms with Gasteiger partial charge in [-0.2, -0.15) is 5.06 Å². The maximum Gasteiger partial charge on any atom is 0.338 e. The van der Waals surface area contributed by atoms with E-state index in [0.29, 0.717) is 10.6 Å². The van der Waals surface area contributed by atoms with Crippen LogP contribution in [-0.4, -0.2) is 42.5 Å². The Balaban J connectivity index is 1.39. The summed E-state index contributed by atoms with van der Waals surface area (Å²) in [7, 11) is 1.67. The van der Waals surface area contributed by atoms with E-state index in [0.717, 1.165) is 48.3 Å². The summed E-state index contributed by atoms with van der Waals surface area (Å²) in [6, 6.07) is 11.4. The van der Waals surface area contributed by atoms with Crippen molar-refractivity contribution in [3.8, 4) is 5.75 Å². The van der Waals surface area contributed by atoms with Crippen molar-refractivity contribution in [2.45, 2.75) is 43.9 Å². The fourth-order valence-corrected chi connectivity index (χ4v) is 6.90. The third kappa shape index (κ3) is 4.07. The summed E-state index contributed by atoms with van der Waals surface area (Å²) in [5, 5.41) is 20.1. The van der Waals surface area contributed by atoms with Crippen LogP contribution in [0.2, 0.25) is 0 Å². The number of benzene rings is 2. The van der Waals surface area contributed by atoms with Crippen LogP contribution in [0.4, 0.5) is 5.69 Å². The van der Waals surface area contributed by atoms with E-state index in [2.05, 4.69) is 0 Å². The molecule has 1 amide bonds. The van der Waals surface area contributed by atoms with Gasteiger partial charge in [0.25, 0.3) is 5.91 Å². The Morgan fingerprint density at radius 2 is 1.56 bits per heavy atom. The lowest BCUT2D eigenvalue weighted by molar-refractivity contribution is -0.00618. The van der Waals surface area contributed by atoms with Gasteiger partial charge in [0, 0.05) is 11.1 Å². The fraction of sp³-hybridized carbons (Fsp3) is 0.481. The molecular formula is C27H31NO6. The standard InChI is InChI=1S/C27H31NO6/c1-33-24-7-4-21(13-23(24)27-14-17-10-18(15-27)12-19(11-17)16-27)25(30)28(32)22-5-2-20(3-6-22)26(31)34-9-8-29/h2-7,13,17-19,29,32H,8-12,14-16H2,1H3. The molecule has 4 saturated carbocycles. The van der Waals surface area contributed by atoms with E-state index >= 15 is 0 Å². The predicted octanol–water partition coefficient (Wildman–Crippen LogP) is 4.35. The molecule has 7 heteroatoms. The predicted molar refractivity (Wildman–Crippen MR) is 125 cm³/mol. The second-order valence-electron chi connectivity index (χ2n) is 10.1. The van der Waals surface area contributed by atoms with Gasteiger partial charge in [0.1, 0.15) is 12.4 Å². The maximum absolute atomic E-state index is 13.2. The lowest BCUT2D eigenvalue weighted by atomic mass is 9.48. The highest BCUT2D eigenvalue weighted by molar-refractivity contribution is 6.05. The van der Waals surface area contributed by atoms with Crippen molar-refractivity contribution in [1.29, 1.82) is 0 Å². The SMILES string of the molecule is COc1ccc(C(=O)N(O)c2ccc(C(=O)OCCO)cc2)cc1C12CC3CC(CC(C3)C1)C2. The van der Waals surface area contributed by atoms with Gasteiger partial charge >= 0.3 is 5.97 Å². The van der Waals surface area contributed by atoms with Crippen molar-refractivity contribution >= 4 is 17.6 Å². The minimum Gasteiger partial charge on any atom is -0.496 e. The Kier molecular flexibility index (Phi) is 6.08. The van der Waals surface area contributed by atoms with Crippen LogP contribution in [0, 0.1) is 17.8 Å². The van der Waals surface area contributed by atoms with Crippen LogP contribution < -0.4 is 9.80 Å². The van der Waals surface area contributed by atoms with Crippen molar-refractivity contribution in [3.63, 3.8) is 0 Å². The van der Waals surface area contributed by atoms with Gasteiger partial charge in [-0.3, -0.25) is 10.0 Å². The molecule has 0 atom stereocenters. The third-order valence-electron chi connectivity index (χ3n) is 7.92. The molecule has 6 rings (SSSR count). The van der Waals surface area contributed by atoms with E-state index in [1.54, 1.807) is 13.2 Å². The molecule has 0 saturated heterocycles. The molecule has 34 heavy (non-hydrogen) atoms. The van der Waals surface area contributed by atoms with Crippen molar-refractivity contribution in [3.05, 3.63) is 59.2 Å². The van der Waals surface area contributed by atoms with Gasteiger partial charge in [-0.15, -0.1) is 0 Å².